The Labute approximate surface area is 155 Å². The molecule has 3 rings (SSSR count). The number of hydrogen-bond donors (Lipinski definition) is 0. The van der Waals surface area contributed by atoms with Crippen molar-refractivity contribution in [3.05, 3.63) is 57.3 Å². The molecule has 0 bridgehead atoms. The minimum atomic E-state index is 0.0822. The first-order chi connectivity index (χ1) is 12.2. The molecule has 1 aromatic carbocycles. The van der Waals surface area contributed by atoms with Crippen LogP contribution in [0.2, 0.25) is 0 Å². The van der Waals surface area contributed by atoms with E-state index in [2.05, 4.69) is 61.4 Å². The van der Waals surface area contributed by atoms with Gasteiger partial charge >= 0.3 is 0 Å². The Morgan fingerprint density at radius 1 is 1.24 bits per heavy atom. The third-order valence-corrected chi connectivity index (χ3v) is 6.39. The number of amides is 1. The van der Waals surface area contributed by atoms with Gasteiger partial charge in [-0.3, -0.25) is 4.79 Å². The Bertz CT molecular complexity index is 703. The van der Waals surface area contributed by atoms with E-state index < -0.39 is 0 Å². The lowest BCUT2D eigenvalue weighted by Crippen LogP contribution is -2.43. The van der Waals surface area contributed by atoms with Gasteiger partial charge in [-0.25, -0.2) is 0 Å². The van der Waals surface area contributed by atoms with E-state index in [1.54, 1.807) is 0 Å². The Morgan fingerprint density at radius 2 is 2.00 bits per heavy atom. The molecule has 0 unspecified atom stereocenters. The number of benzene rings is 1. The van der Waals surface area contributed by atoms with Gasteiger partial charge in [-0.2, -0.15) is 0 Å². The Hall–Kier alpha value is -1.61. The number of rotatable bonds is 6. The third-order valence-electron chi connectivity index (χ3n) is 5.39. The molecule has 2 heterocycles. The van der Waals surface area contributed by atoms with Gasteiger partial charge in [0.2, 0.25) is 5.91 Å². The number of carbonyl (C=O) groups excluding carboxylic acids is 1. The third kappa shape index (κ3) is 3.82. The number of carbonyl (C=O) groups is 1. The van der Waals surface area contributed by atoms with Crippen molar-refractivity contribution >= 4 is 17.2 Å². The van der Waals surface area contributed by atoms with E-state index in [1.165, 1.54) is 21.6 Å². The number of fused-ring (bicyclic) bond motifs is 1. The average molecular weight is 356 g/mol. The monoisotopic (exact) mass is 355 g/mol. The first-order valence-corrected chi connectivity index (χ1v) is 10.5. The van der Waals surface area contributed by atoms with Crippen LogP contribution in [0.1, 0.15) is 67.1 Å². The molecule has 2 aromatic rings. The highest BCUT2D eigenvalue weighted by molar-refractivity contribution is 7.10. The van der Waals surface area contributed by atoms with Crippen LogP contribution in [0.3, 0.4) is 0 Å². The van der Waals surface area contributed by atoms with Gasteiger partial charge in [-0.15, -0.1) is 11.3 Å². The molecule has 3 heteroatoms. The molecule has 0 N–H and O–H groups in total. The summed E-state index contributed by atoms with van der Waals surface area (Å²) in [5, 5.41) is 2.17. The fraction of sp³-hybridized carbons (Fsp3) is 0.500. The Morgan fingerprint density at radius 3 is 2.68 bits per heavy atom. The van der Waals surface area contributed by atoms with Crippen molar-refractivity contribution < 1.29 is 4.79 Å². The van der Waals surface area contributed by atoms with Crippen LogP contribution in [0.25, 0.3) is 0 Å². The van der Waals surface area contributed by atoms with Gasteiger partial charge in [0.25, 0.3) is 0 Å². The number of unbranched alkanes of at least 4 members (excludes halogenated alkanes) is 1. The molecule has 1 amide bonds. The summed E-state index contributed by atoms with van der Waals surface area (Å²) < 4.78 is 0. The fourth-order valence-corrected chi connectivity index (χ4v) is 4.75. The predicted octanol–water partition coefficient (Wildman–Crippen LogP) is 5.75. The number of hydrogen-bond acceptors (Lipinski definition) is 2. The van der Waals surface area contributed by atoms with Crippen molar-refractivity contribution in [3.8, 4) is 0 Å². The van der Waals surface area contributed by atoms with Crippen molar-refractivity contribution in [1.82, 2.24) is 4.90 Å². The van der Waals surface area contributed by atoms with Crippen LogP contribution < -0.4 is 0 Å². The highest BCUT2D eigenvalue weighted by Gasteiger charge is 2.35. The highest BCUT2D eigenvalue weighted by Crippen LogP contribution is 2.39. The first kappa shape index (κ1) is 18.2. The molecule has 0 aliphatic carbocycles. The largest absolute Gasteiger partial charge is 0.331 e. The van der Waals surface area contributed by atoms with Crippen LogP contribution in [0.4, 0.5) is 0 Å². The highest BCUT2D eigenvalue weighted by atomic mass is 32.1. The second kappa shape index (κ2) is 8.18. The predicted molar refractivity (Wildman–Crippen MR) is 106 cm³/mol. The molecule has 2 atom stereocenters. The van der Waals surface area contributed by atoms with Gasteiger partial charge in [0.1, 0.15) is 0 Å². The first-order valence-electron chi connectivity index (χ1n) is 9.59. The van der Waals surface area contributed by atoms with Gasteiger partial charge in [-0.05, 0) is 48.8 Å². The van der Waals surface area contributed by atoms with E-state index in [-0.39, 0.29) is 12.0 Å². The van der Waals surface area contributed by atoms with Crippen LogP contribution in [-0.4, -0.2) is 17.4 Å². The van der Waals surface area contributed by atoms with E-state index in [9.17, 15) is 4.79 Å². The minimum absolute atomic E-state index is 0.0822. The lowest BCUT2D eigenvalue weighted by Gasteiger charge is -2.38. The molecule has 0 saturated carbocycles. The zero-order chi connectivity index (χ0) is 17.8. The summed E-state index contributed by atoms with van der Waals surface area (Å²) in [7, 11) is 0. The van der Waals surface area contributed by atoms with E-state index in [1.807, 2.05) is 11.3 Å². The second-order valence-electron chi connectivity index (χ2n) is 7.14. The Kier molecular flexibility index (Phi) is 5.95. The van der Waals surface area contributed by atoms with Gasteiger partial charge in [0.05, 0.1) is 6.04 Å². The molecule has 25 heavy (non-hydrogen) atoms. The quantitative estimate of drug-likeness (QED) is 0.646. The average Bonchev–Trinajstić information content (AvgIpc) is 3.11. The maximum absolute atomic E-state index is 13.3. The molecular formula is C22H29NOS. The van der Waals surface area contributed by atoms with E-state index >= 15 is 0 Å². The lowest BCUT2D eigenvalue weighted by atomic mass is 9.90. The zero-order valence-electron chi connectivity index (χ0n) is 15.6. The maximum Gasteiger partial charge on any atom is 0.226 e. The van der Waals surface area contributed by atoms with Crippen molar-refractivity contribution in [2.45, 2.75) is 58.9 Å². The fourth-order valence-electron chi connectivity index (χ4n) is 3.85. The van der Waals surface area contributed by atoms with E-state index in [4.69, 9.17) is 0 Å². The lowest BCUT2D eigenvalue weighted by molar-refractivity contribution is -0.138. The van der Waals surface area contributed by atoms with Crippen LogP contribution in [0.5, 0.6) is 0 Å². The number of aryl methyl sites for hydroxylation is 1. The molecule has 134 valence electrons. The summed E-state index contributed by atoms with van der Waals surface area (Å²) in [6, 6.07) is 11.0. The molecule has 0 spiro atoms. The zero-order valence-corrected chi connectivity index (χ0v) is 16.4. The molecule has 1 aliphatic rings. The molecule has 0 radical (unpaired) electrons. The summed E-state index contributed by atoms with van der Waals surface area (Å²) in [6.45, 7) is 7.30. The van der Waals surface area contributed by atoms with Crippen LogP contribution in [-0.2, 0) is 11.2 Å². The minimum Gasteiger partial charge on any atom is -0.331 e. The normalized spacial score (nSPS) is 18.0. The molecule has 1 aromatic heterocycles. The summed E-state index contributed by atoms with van der Waals surface area (Å²) in [5.74, 6) is 0.506. The topological polar surface area (TPSA) is 20.3 Å². The maximum atomic E-state index is 13.3. The van der Waals surface area contributed by atoms with Crippen molar-refractivity contribution in [1.29, 1.82) is 0 Å². The molecular weight excluding hydrogens is 326 g/mol. The summed E-state index contributed by atoms with van der Waals surface area (Å²) in [6.07, 6.45) is 5.23. The summed E-state index contributed by atoms with van der Waals surface area (Å²) in [4.78, 5) is 16.9. The Balaban J connectivity index is 1.94. The number of nitrogens with zero attached hydrogens (tertiary/aromatic N) is 1. The van der Waals surface area contributed by atoms with Crippen molar-refractivity contribution in [3.63, 3.8) is 0 Å². The standard InChI is InChI=1S/C22H29NOS/c1-4-6-7-17(5-2)22(24)23-14-12-20-19(13-15-25-20)21(23)18-10-8-16(3)9-11-18/h8-11,13,15,17,21H,4-7,12,14H2,1-3H3/t17-,21-/m0/s1. The number of thiophene rings is 1. The van der Waals surface area contributed by atoms with Crippen molar-refractivity contribution in [2.24, 2.45) is 5.92 Å². The van der Waals surface area contributed by atoms with Crippen molar-refractivity contribution in [2.75, 3.05) is 6.54 Å². The van der Waals surface area contributed by atoms with Crippen LogP contribution in [0.15, 0.2) is 35.7 Å². The molecule has 0 fully saturated rings. The van der Waals surface area contributed by atoms with E-state index in [0.717, 1.165) is 38.6 Å². The van der Waals surface area contributed by atoms with Crippen LogP contribution >= 0.6 is 11.3 Å². The SMILES string of the molecule is CCCC[C@H](CC)C(=O)N1CCc2sccc2[C@@H]1c1ccc(C)cc1. The molecule has 1 aliphatic heterocycles. The second-order valence-corrected chi connectivity index (χ2v) is 8.14. The van der Waals surface area contributed by atoms with Gasteiger partial charge in [0.15, 0.2) is 0 Å². The molecule has 0 saturated heterocycles. The van der Waals surface area contributed by atoms with Crippen LogP contribution in [0, 0.1) is 12.8 Å². The van der Waals surface area contributed by atoms with Gasteiger partial charge in [-0.1, -0.05) is 56.5 Å². The summed E-state index contributed by atoms with van der Waals surface area (Å²) in [5.41, 5.74) is 3.83. The molecule has 2 nitrogen and oxygen atoms in total. The van der Waals surface area contributed by atoms with Gasteiger partial charge < -0.3 is 4.90 Å². The van der Waals surface area contributed by atoms with E-state index in [0.29, 0.717) is 5.91 Å². The van der Waals surface area contributed by atoms with Gasteiger partial charge in [0, 0.05) is 17.3 Å². The smallest absolute Gasteiger partial charge is 0.226 e. The summed E-state index contributed by atoms with van der Waals surface area (Å²) >= 11 is 1.83.